The van der Waals surface area contributed by atoms with Crippen molar-refractivity contribution in [3.63, 3.8) is 0 Å². The minimum Gasteiger partial charge on any atom is -0.330 e. The average molecular weight is 367 g/mol. The number of imidazole rings is 1. The maximum absolute atomic E-state index is 13.0. The van der Waals surface area contributed by atoms with Crippen LogP contribution in [0.1, 0.15) is 55.1 Å². The Kier molecular flexibility index (Phi) is 3.70. The van der Waals surface area contributed by atoms with E-state index in [0.717, 1.165) is 42.2 Å². The summed E-state index contributed by atoms with van der Waals surface area (Å²) >= 11 is 1.70. The molecule has 2 amide bonds. The third-order valence-electron chi connectivity index (χ3n) is 5.47. The van der Waals surface area contributed by atoms with E-state index < -0.39 is 0 Å². The monoisotopic (exact) mass is 367 g/mol. The Balaban J connectivity index is 1.36. The van der Waals surface area contributed by atoms with Gasteiger partial charge in [-0.15, -0.1) is 11.3 Å². The highest BCUT2D eigenvalue weighted by molar-refractivity contribution is 7.18. The first kappa shape index (κ1) is 15.8. The van der Waals surface area contributed by atoms with Gasteiger partial charge in [0, 0.05) is 25.0 Å². The number of carbonyl (C=O) groups is 1. The molecule has 1 fully saturated rings. The van der Waals surface area contributed by atoms with Crippen LogP contribution in [0.3, 0.4) is 0 Å². The first-order valence-electron chi connectivity index (χ1n) is 9.16. The largest absolute Gasteiger partial charge is 0.330 e. The molecule has 5 rings (SSSR count). The van der Waals surface area contributed by atoms with E-state index >= 15 is 0 Å². The molecular weight excluding hydrogens is 346 g/mol. The molecule has 4 heterocycles. The SMILES string of the molecule is CC1CC(NC(=O)N2CCCC2c2nc3ccccc3s2)c2nccn21. The summed E-state index contributed by atoms with van der Waals surface area (Å²) in [7, 11) is 0. The number of fused-ring (bicyclic) bond motifs is 2. The van der Waals surface area contributed by atoms with Crippen molar-refractivity contribution < 1.29 is 4.79 Å². The van der Waals surface area contributed by atoms with Crippen LogP contribution in [0, 0.1) is 0 Å². The second-order valence-electron chi connectivity index (χ2n) is 7.15. The number of carbonyl (C=O) groups excluding carboxylic acids is 1. The van der Waals surface area contributed by atoms with Gasteiger partial charge in [-0.25, -0.2) is 14.8 Å². The lowest BCUT2D eigenvalue weighted by molar-refractivity contribution is 0.188. The maximum Gasteiger partial charge on any atom is 0.318 e. The number of para-hydroxylation sites is 1. The molecule has 0 spiro atoms. The topological polar surface area (TPSA) is 63.1 Å². The molecule has 3 aromatic rings. The fraction of sp³-hybridized carbons (Fsp3) is 0.421. The van der Waals surface area contributed by atoms with Gasteiger partial charge < -0.3 is 14.8 Å². The van der Waals surface area contributed by atoms with E-state index in [1.807, 2.05) is 35.5 Å². The fourth-order valence-corrected chi connectivity index (χ4v) is 5.30. The second kappa shape index (κ2) is 6.09. The Morgan fingerprint density at radius 2 is 2.23 bits per heavy atom. The fourth-order valence-electron chi connectivity index (χ4n) is 4.18. The Hall–Kier alpha value is -2.41. The zero-order valence-electron chi connectivity index (χ0n) is 14.6. The minimum atomic E-state index is -0.0101. The molecule has 7 heteroatoms. The molecule has 2 aliphatic rings. The quantitative estimate of drug-likeness (QED) is 0.743. The van der Waals surface area contributed by atoms with Crippen LogP contribution in [0.4, 0.5) is 4.79 Å². The van der Waals surface area contributed by atoms with Gasteiger partial charge in [0.15, 0.2) is 0 Å². The normalized spacial score (nSPS) is 25.0. The van der Waals surface area contributed by atoms with Crippen LogP contribution < -0.4 is 5.32 Å². The number of benzene rings is 1. The number of urea groups is 1. The van der Waals surface area contributed by atoms with E-state index in [1.54, 1.807) is 11.3 Å². The van der Waals surface area contributed by atoms with Crippen LogP contribution >= 0.6 is 11.3 Å². The predicted octanol–water partition coefficient (Wildman–Crippen LogP) is 4.05. The summed E-state index contributed by atoms with van der Waals surface area (Å²) in [6, 6.07) is 8.61. The number of rotatable bonds is 2. The Bertz CT molecular complexity index is 931. The summed E-state index contributed by atoms with van der Waals surface area (Å²) in [6.45, 7) is 2.94. The van der Waals surface area contributed by atoms with Crippen molar-refractivity contribution in [2.75, 3.05) is 6.54 Å². The Morgan fingerprint density at radius 3 is 3.12 bits per heavy atom. The van der Waals surface area contributed by atoms with Crippen molar-refractivity contribution in [2.45, 2.75) is 44.3 Å². The van der Waals surface area contributed by atoms with Crippen LogP contribution in [0.2, 0.25) is 0 Å². The summed E-state index contributed by atoms with van der Waals surface area (Å²) in [5.41, 5.74) is 1.02. The van der Waals surface area contributed by atoms with E-state index in [4.69, 9.17) is 4.98 Å². The Labute approximate surface area is 155 Å². The third kappa shape index (κ3) is 2.49. The van der Waals surface area contributed by atoms with Crippen molar-refractivity contribution in [2.24, 2.45) is 0 Å². The van der Waals surface area contributed by atoms with Gasteiger partial charge in [-0.3, -0.25) is 0 Å². The number of nitrogens with zero attached hydrogens (tertiary/aromatic N) is 4. The lowest BCUT2D eigenvalue weighted by Crippen LogP contribution is -2.41. The smallest absolute Gasteiger partial charge is 0.318 e. The number of hydrogen-bond acceptors (Lipinski definition) is 4. The average Bonchev–Trinajstić information content (AvgIpc) is 3.40. The van der Waals surface area contributed by atoms with Crippen LogP contribution in [0.5, 0.6) is 0 Å². The summed E-state index contributed by atoms with van der Waals surface area (Å²) < 4.78 is 3.33. The molecule has 2 aliphatic heterocycles. The lowest BCUT2D eigenvalue weighted by atomic mass is 10.2. The van der Waals surface area contributed by atoms with Crippen LogP contribution in [-0.4, -0.2) is 32.0 Å². The van der Waals surface area contributed by atoms with Crippen molar-refractivity contribution >= 4 is 27.6 Å². The molecule has 0 aliphatic carbocycles. The number of likely N-dealkylation sites (tertiary alicyclic amines) is 1. The zero-order valence-corrected chi connectivity index (χ0v) is 15.4. The zero-order chi connectivity index (χ0) is 17.7. The van der Waals surface area contributed by atoms with E-state index in [-0.39, 0.29) is 18.1 Å². The number of nitrogens with one attached hydrogen (secondary N) is 1. The summed E-state index contributed by atoms with van der Waals surface area (Å²) in [4.78, 5) is 24.2. The van der Waals surface area contributed by atoms with Crippen molar-refractivity contribution in [3.8, 4) is 0 Å². The number of thiazole rings is 1. The van der Waals surface area contributed by atoms with Crippen LogP contribution in [0.15, 0.2) is 36.7 Å². The number of amides is 2. The molecular formula is C19H21N5OS. The van der Waals surface area contributed by atoms with Gasteiger partial charge in [0.05, 0.1) is 22.3 Å². The standard InChI is InChI=1S/C19H21N5OS/c1-12-11-14(17-20-8-10-23(12)17)22-19(25)24-9-4-6-15(24)18-21-13-5-2-3-7-16(13)26-18/h2-3,5,7-8,10,12,14-15H,4,6,9,11H2,1H3,(H,22,25). The first-order chi connectivity index (χ1) is 12.7. The van der Waals surface area contributed by atoms with Gasteiger partial charge in [-0.2, -0.15) is 0 Å². The van der Waals surface area contributed by atoms with E-state index in [1.165, 1.54) is 4.70 Å². The minimum absolute atomic E-state index is 0.000376. The molecule has 1 N–H and O–H groups in total. The predicted molar refractivity (Wildman–Crippen MR) is 101 cm³/mol. The molecule has 0 saturated carbocycles. The molecule has 2 aromatic heterocycles. The highest BCUT2D eigenvalue weighted by Crippen LogP contribution is 2.37. The Morgan fingerprint density at radius 1 is 1.35 bits per heavy atom. The van der Waals surface area contributed by atoms with Crippen molar-refractivity contribution in [1.82, 2.24) is 24.8 Å². The van der Waals surface area contributed by atoms with Gasteiger partial charge >= 0.3 is 6.03 Å². The van der Waals surface area contributed by atoms with E-state index in [2.05, 4.69) is 27.9 Å². The number of hydrogen-bond donors (Lipinski definition) is 1. The van der Waals surface area contributed by atoms with Crippen molar-refractivity contribution in [3.05, 3.63) is 47.5 Å². The molecule has 0 bridgehead atoms. The van der Waals surface area contributed by atoms with Gasteiger partial charge in [-0.1, -0.05) is 12.1 Å². The maximum atomic E-state index is 13.0. The van der Waals surface area contributed by atoms with Crippen LogP contribution in [-0.2, 0) is 0 Å². The van der Waals surface area contributed by atoms with Gasteiger partial charge in [0.2, 0.25) is 0 Å². The van der Waals surface area contributed by atoms with Gasteiger partial charge in [0.1, 0.15) is 10.8 Å². The van der Waals surface area contributed by atoms with Crippen LogP contribution in [0.25, 0.3) is 10.2 Å². The van der Waals surface area contributed by atoms with Gasteiger partial charge in [-0.05, 0) is 38.3 Å². The summed E-state index contributed by atoms with van der Waals surface area (Å²) in [5.74, 6) is 0.960. The molecule has 3 unspecified atom stereocenters. The third-order valence-corrected chi connectivity index (χ3v) is 6.61. The molecule has 6 nitrogen and oxygen atoms in total. The molecule has 3 atom stereocenters. The molecule has 134 valence electrons. The molecule has 0 radical (unpaired) electrons. The first-order valence-corrected chi connectivity index (χ1v) is 9.97. The second-order valence-corrected chi connectivity index (χ2v) is 8.21. The van der Waals surface area contributed by atoms with E-state index in [0.29, 0.717) is 6.04 Å². The van der Waals surface area contributed by atoms with Crippen molar-refractivity contribution in [1.29, 1.82) is 0 Å². The highest BCUT2D eigenvalue weighted by atomic mass is 32.1. The lowest BCUT2D eigenvalue weighted by Gasteiger charge is -2.25. The number of aromatic nitrogens is 3. The highest BCUT2D eigenvalue weighted by Gasteiger charge is 2.36. The van der Waals surface area contributed by atoms with E-state index in [9.17, 15) is 4.79 Å². The van der Waals surface area contributed by atoms with Gasteiger partial charge in [0.25, 0.3) is 0 Å². The molecule has 26 heavy (non-hydrogen) atoms. The molecule has 1 aromatic carbocycles. The molecule has 1 saturated heterocycles. The summed E-state index contributed by atoms with van der Waals surface area (Å²) in [6.07, 6.45) is 6.69. The summed E-state index contributed by atoms with van der Waals surface area (Å²) in [5, 5.41) is 4.25.